The summed E-state index contributed by atoms with van der Waals surface area (Å²) in [5.74, 6) is 0.495. The Balaban J connectivity index is 1.77. The molecule has 0 bridgehead atoms. The Morgan fingerprint density at radius 1 is 1.36 bits per heavy atom. The molecule has 0 spiro atoms. The standard InChI is InChI=1S/C20H23N3O2/c1-3-20(24)23(13-19(25-2)16-7-8-16)12-15-5-4-6-17(9-15)18-10-21-14-22-11-18/h3-6,9-11,14,16,19H,1,7-8,12-13H2,2H3. The highest BCUT2D eigenvalue weighted by molar-refractivity contribution is 5.87. The van der Waals surface area contributed by atoms with E-state index in [2.05, 4.69) is 22.6 Å². The Bertz CT molecular complexity index is 729. The van der Waals surface area contributed by atoms with E-state index in [-0.39, 0.29) is 12.0 Å². The molecule has 130 valence electrons. The molecule has 5 nitrogen and oxygen atoms in total. The molecule has 1 aromatic heterocycles. The summed E-state index contributed by atoms with van der Waals surface area (Å²) in [5.41, 5.74) is 3.05. The van der Waals surface area contributed by atoms with Crippen molar-refractivity contribution in [2.75, 3.05) is 13.7 Å². The molecular formula is C20H23N3O2. The van der Waals surface area contributed by atoms with Crippen molar-refractivity contribution in [3.05, 3.63) is 61.2 Å². The van der Waals surface area contributed by atoms with Crippen LogP contribution >= 0.6 is 0 Å². The smallest absolute Gasteiger partial charge is 0.246 e. The highest BCUT2D eigenvalue weighted by atomic mass is 16.5. The van der Waals surface area contributed by atoms with E-state index in [0.717, 1.165) is 16.7 Å². The lowest BCUT2D eigenvalue weighted by Crippen LogP contribution is -2.37. The van der Waals surface area contributed by atoms with E-state index in [4.69, 9.17) is 4.74 Å². The maximum Gasteiger partial charge on any atom is 0.246 e. The summed E-state index contributed by atoms with van der Waals surface area (Å²) in [6.45, 7) is 4.75. The van der Waals surface area contributed by atoms with E-state index < -0.39 is 0 Å². The van der Waals surface area contributed by atoms with Crippen LogP contribution in [-0.4, -0.2) is 40.5 Å². The van der Waals surface area contributed by atoms with Gasteiger partial charge in [-0.3, -0.25) is 4.79 Å². The molecule has 25 heavy (non-hydrogen) atoms. The normalized spacial score (nSPS) is 14.8. The van der Waals surface area contributed by atoms with Crippen LogP contribution in [0, 0.1) is 5.92 Å². The van der Waals surface area contributed by atoms with Gasteiger partial charge < -0.3 is 9.64 Å². The summed E-state index contributed by atoms with van der Waals surface area (Å²) < 4.78 is 5.59. The topological polar surface area (TPSA) is 55.3 Å². The van der Waals surface area contributed by atoms with Gasteiger partial charge in [0.05, 0.1) is 6.10 Å². The van der Waals surface area contributed by atoms with E-state index in [1.807, 2.05) is 18.2 Å². The molecule has 1 saturated carbocycles. The van der Waals surface area contributed by atoms with Crippen LogP contribution in [0.15, 0.2) is 55.6 Å². The first-order valence-corrected chi connectivity index (χ1v) is 8.49. The van der Waals surface area contributed by atoms with Crippen molar-refractivity contribution in [1.82, 2.24) is 14.9 Å². The average molecular weight is 337 g/mol. The number of amides is 1. The Morgan fingerprint density at radius 2 is 2.12 bits per heavy atom. The summed E-state index contributed by atoms with van der Waals surface area (Å²) >= 11 is 0. The number of carbonyl (C=O) groups excluding carboxylic acids is 1. The second kappa shape index (κ2) is 8.03. The summed E-state index contributed by atoms with van der Waals surface area (Å²) in [5, 5.41) is 0. The zero-order chi connectivity index (χ0) is 17.6. The van der Waals surface area contributed by atoms with Gasteiger partial charge in [-0.2, -0.15) is 0 Å². The van der Waals surface area contributed by atoms with Crippen LogP contribution in [0.5, 0.6) is 0 Å². The molecule has 0 radical (unpaired) electrons. The van der Waals surface area contributed by atoms with E-state index in [9.17, 15) is 4.79 Å². The van der Waals surface area contributed by atoms with Crippen LogP contribution in [0.25, 0.3) is 11.1 Å². The largest absolute Gasteiger partial charge is 0.379 e. The molecule has 0 N–H and O–H groups in total. The van der Waals surface area contributed by atoms with Gasteiger partial charge in [-0.15, -0.1) is 0 Å². The molecular weight excluding hydrogens is 314 g/mol. The van der Waals surface area contributed by atoms with Gasteiger partial charge in [-0.05, 0) is 42.0 Å². The molecule has 2 aromatic rings. The Labute approximate surface area is 148 Å². The van der Waals surface area contributed by atoms with Gasteiger partial charge in [-0.1, -0.05) is 24.8 Å². The maximum absolute atomic E-state index is 12.3. The van der Waals surface area contributed by atoms with E-state index in [0.29, 0.717) is 19.0 Å². The first kappa shape index (κ1) is 17.3. The molecule has 0 saturated heterocycles. The minimum atomic E-state index is -0.0730. The van der Waals surface area contributed by atoms with Crippen molar-refractivity contribution < 1.29 is 9.53 Å². The minimum absolute atomic E-state index is 0.0730. The van der Waals surface area contributed by atoms with Gasteiger partial charge in [0, 0.05) is 38.2 Å². The quantitative estimate of drug-likeness (QED) is 0.695. The van der Waals surface area contributed by atoms with Crippen LogP contribution in [0.4, 0.5) is 0 Å². The number of rotatable bonds is 8. The molecule has 1 fully saturated rings. The van der Waals surface area contributed by atoms with Gasteiger partial charge in [-0.25, -0.2) is 9.97 Å². The number of ether oxygens (including phenoxy) is 1. The van der Waals surface area contributed by atoms with Crippen LogP contribution in [-0.2, 0) is 16.1 Å². The van der Waals surface area contributed by atoms with Crippen molar-refractivity contribution in [2.24, 2.45) is 5.92 Å². The molecule has 1 amide bonds. The second-order valence-electron chi connectivity index (χ2n) is 6.36. The van der Waals surface area contributed by atoms with Crippen LogP contribution in [0.3, 0.4) is 0 Å². The summed E-state index contributed by atoms with van der Waals surface area (Å²) in [4.78, 5) is 22.2. The third kappa shape index (κ3) is 4.51. The van der Waals surface area contributed by atoms with Gasteiger partial charge in [0.1, 0.15) is 6.33 Å². The third-order valence-corrected chi connectivity index (χ3v) is 4.53. The Kier molecular flexibility index (Phi) is 5.56. The van der Waals surface area contributed by atoms with Crippen LogP contribution in [0.1, 0.15) is 18.4 Å². The van der Waals surface area contributed by atoms with Gasteiger partial charge in [0.2, 0.25) is 5.91 Å². The zero-order valence-corrected chi connectivity index (χ0v) is 14.5. The van der Waals surface area contributed by atoms with Crippen LogP contribution in [0.2, 0.25) is 0 Å². The Hall–Kier alpha value is -2.53. The Morgan fingerprint density at radius 3 is 2.76 bits per heavy atom. The minimum Gasteiger partial charge on any atom is -0.379 e. The summed E-state index contributed by atoms with van der Waals surface area (Å²) in [7, 11) is 1.72. The van der Waals surface area contributed by atoms with Gasteiger partial charge in [0.25, 0.3) is 0 Å². The summed E-state index contributed by atoms with van der Waals surface area (Å²) in [6.07, 6.45) is 8.90. The molecule has 1 unspecified atom stereocenters. The molecule has 0 aliphatic heterocycles. The average Bonchev–Trinajstić information content (AvgIpc) is 3.50. The molecule has 1 heterocycles. The second-order valence-corrected chi connectivity index (χ2v) is 6.36. The molecule has 1 aliphatic rings. The lowest BCUT2D eigenvalue weighted by molar-refractivity contribution is -0.128. The number of hydrogen-bond donors (Lipinski definition) is 0. The van der Waals surface area contributed by atoms with E-state index in [1.165, 1.54) is 25.2 Å². The maximum atomic E-state index is 12.3. The SMILES string of the molecule is C=CC(=O)N(Cc1cccc(-c2cncnc2)c1)CC(OC)C1CC1. The first-order chi connectivity index (χ1) is 12.2. The predicted octanol–water partition coefficient (Wildman–Crippen LogP) is 3.08. The lowest BCUT2D eigenvalue weighted by Gasteiger charge is -2.26. The monoisotopic (exact) mass is 337 g/mol. The fourth-order valence-corrected chi connectivity index (χ4v) is 2.98. The number of carbonyl (C=O) groups is 1. The lowest BCUT2D eigenvalue weighted by atomic mass is 10.1. The van der Waals surface area contributed by atoms with E-state index >= 15 is 0 Å². The number of hydrogen-bond acceptors (Lipinski definition) is 4. The van der Waals surface area contributed by atoms with E-state index in [1.54, 1.807) is 24.4 Å². The molecule has 1 aromatic carbocycles. The van der Waals surface area contributed by atoms with Gasteiger partial charge in [0.15, 0.2) is 0 Å². The number of nitrogens with zero attached hydrogens (tertiary/aromatic N) is 3. The highest BCUT2D eigenvalue weighted by Crippen LogP contribution is 2.34. The van der Waals surface area contributed by atoms with Crippen molar-refractivity contribution in [2.45, 2.75) is 25.5 Å². The number of benzene rings is 1. The fourth-order valence-electron chi connectivity index (χ4n) is 2.98. The van der Waals surface area contributed by atoms with Crippen molar-refractivity contribution in [3.63, 3.8) is 0 Å². The van der Waals surface area contributed by atoms with Crippen LogP contribution < -0.4 is 0 Å². The highest BCUT2D eigenvalue weighted by Gasteiger charge is 2.33. The van der Waals surface area contributed by atoms with Crippen molar-refractivity contribution >= 4 is 5.91 Å². The molecule has 3 rings (SSSR count). The van der Waals surface area contributed by atoms with Gasteiger partial charge >= 0.3 is 0 Å². The molecule has 5 heteroatoms. The molecule has 1 atom stereocenters. The number of aromatic nitrogens is 2. The zero-order valence-electron chi connectivity index (χ0n) is 14.5. The predicted molar refractivity (Wildman–Crippen MR) is 96.6 cm³/mol. The van der Waals surface area contributed by atoms with Crippen molar-refractivity contribution in [3.8, 4) is 11.1 Å². The first-order valence-electron chi connectivity index (χ1n) is 8.49. The number of methoxy groups -OCH3 is 1. The molecule has 1 aliphatic carbocycles. The fraction of sp³-hybridized carbons (Fsp3) is 0.350. The summed E-state index contributed by atoms with van der Waals surface area (Å²) in [6, 6.07) is 8.10. The van der Waals surface area contributed by atoms with Crippen molar-refractivity contribution in [1.29, 1.82) is 0 Å². The third-order valence-electron chi connectivity index (χ3n) is 4.53.